The SMILES string of the molecule is CSc1nc(C)c(CCC(=O)NCCCC(=O)O)c(C)n1. The van der Waals surface area contributed by atoms with Crippen LogP contribution in [0.2, 0.25) is 0 Å². The first kappa shape index (κ1) is 17.4. The second-order valence-electron chi connectivity index (χ2n) is 4.71. The predicted octanol–water partition coefficient (Wildman–Crippen LogP) is 1.73. The van der Waals surface area contributed by atoms with Crippen molar-refractivity contribution in [1.29, 1.82) is 0 Å². The Labute approximate surface area is 128 Å². The number of nitrogens with zero attached hydrogens (tertiary/aromatic N) is 2. The third-order valence-electron chi connectivity index (χ3n) is 3.07. The topological polar surface area (TPSA) is 92.2 Å². The van der Waals surface area contributed by atoms with E-state index in [1.165, 1.54) is 11.8 Å². The van der Waals surface area contributed by atoms with E-state index in [0.29, 0.717) is 25.8 Å². The monoisotopic (exact) mass is 311 g/mol. The fourth-order valence-electron chi connectivity index (χ4n) is 1.96. The van der Waals surface area contributed by atoms with Crippen LogP contribution in [0.4, 0.5) is 0 Å². The predicted molar refractivity (Wildman–Crippen MR) is 81.5 cm³/mol. The van der Waals surface area contributed by atoms with Gasteiger partial charge in [-0.05, 0) is 38.5 Å². The number of carbonyl (C=O) groups excluding carboxylic acids is 1. The standard InChI is InChI=1S/C14H21N3O3S/c1-9-11(10(2)17-14(16-9)21-3)6-7-12(18)15-8-4-5-13(19)20/h4-8H2,1-3H3,(H,15,18)(H,19,20). The first-order valence-corrected chi connectivity index (χ1v) is 8.03. The molecule has 0 radical (unpaired) electrons. The molecule has 21 heavy (non-hydrogen) atoms. The Balaban J connectivity index is 2.44. The number of thioether (sulfide) groups is 1. The van der Waals surface area contributed by atoms with Crippen molar-refractivity contribution in [3.05, 3.63) is 17.0 Å². The molecule has 0 saturated carbocycles. The third-order valence-corrected chi connectivity index (χ3v) is 3.62. The smallest absolute Gasteiger partial charge is 0.303 e. The van der Waals surface area contributed by atoms with Gasteiger partial charge in [-0.2, -0.15) is 0 Å². The zero-order chi connectivity index (χ0) is 15.8. The molecular formula is C14H21N3O3S. The number of hydrogen-bond acceptors (Lipinski definition) is 5. The van der Waals surface area contributed by atoms with Gasteiger partial charge in [-0.25, -0.2) is 9.97 Å². The number of nitrogens with one attached hydrogen (secondary N) is 1. The summed E-state index contributed by atoms with van der Waals surface area (Å²) >= 11 is 1.50. The van der Waals surface area contributed by atoms with Crippen LogP contribution in [0.5, 0.6) is 0 Å². The third kappa shape index (κ3) is 6.12. The fourth-order valence-corrected chi connectivity index (χ4v) is 2.41. The van der Waals surface area contributed by atoms with Gasteiger partial charge in [0.2, 0.25) is 5.91 Å². The van der Waals surface area contributed by atoms with Crippen LogP contribution < -0.4 is 5.32 Å². The highest BCUT2D eigenvalue weighted by molar-refractivity contribution is 7.98. The van der Waals surface area contributed by atoms with Gasteiger partial charge in [-0.3, -0.25) is 9.59 Å². The average Bonchev–Trinajstić information content (AvgIpc) is 2.42. The second kappa shape index (κ2) is 8.61. The van der Waals surface area contributed by atoms with Gasteiger partial charge in [-0.1, -0.05) is 11.8 Å². The molecule has 0 atom stereocenters. The van der Waals surface area contributed by atoms with Gasteiger partial charge < -0.3 is 10.4 Å². The lowest BCUT2D eigenvalue weighted by molar-refractivity contribution is -0.137. The number of hydrogen-bond donors (Lipinski definition) is 2. The van der Waals surface area contributed by atoms with Gasteiger partial charge in [-0.15, -0.1) is 0 Å². The maximum atomic E-state index is 11.7. The molecule has 0 fully saturated rings. The van der Waals surface area contributed by atoms with Crippen LogP contribution in [-0.2, 0) is 16.0 Å². The number of carbonyl (C=O) groups is 2. The first-order chi connectivity index (χ1) is 9.93. The van der Waals surface area contributed by atoms with Gasteiger partial charge in [0.25, 0.3) is 0 Å². The Hall–Kier alpha value is -1.63. The molecule has 0 bridgehead atoms. The quantitative estimate of drug-likeness (QED) is 0.431. The molecule has 0 unspecified atom stereocenters. The molecule has 1 heterocycles. The Morgan fingerprint density at radius 1 is 1.19 bits per heavy atom. The number of amides is 1. The number of carboxylic acids is 1. The molecule has 0 spiro atoms. The van der Waals surface area contributed by atoms with Crippen molar-refractivity contribution in [2.75, 3.05) is 12.8 Å². The number of rotatable bonds is 8. The van der Waals surface area contributed by atoms with Crippen LogP contribution in [-0.4, -0.2) is 39.8 Å². The van der Waals surface area contributed by atoms with E-state index < -0.39 is 5.97 Å². The molecule has 1 aromatic heterocycles. The molecule has 1 rings (SSSR count). The lowest BCUT2D eigenvalue weighted by Crippen LogP contribution is -2.25. The Morgan fingerprint density at radius 2 is 1.81 bits per heavy atom. The van der Waals surface area contributed by atoms with Crippen LogP contribution in [0.25, 0.3) is 0 Å². The minimum atomic E-state index is -0.846. The molecule has 2 N–H and O–H groups in total. The van der Waals surface area contributed by atoms with E-state index >= 15 is 0 Å². The van der Waals surface area contributed by atoms with Crippen molar-refractivity contribution in [3.63, 3.8) is 0 Å². The summed E-state index contributed by atoms with van der Waals surface area (Å²) in [6.07, 6.45) is 3.40. The summed E-state index contributed by atoms with van der Waals surface area (Å²) < 4.78 is 0. The molecule has 116 valence electrons. The van der Waals surface area contributed by atoms with E-state index in [4.69, 9.17) is 5.11 Å². The molecule has 6 nitrogen and oxygen atoms in total. The zero-order valence-corrected chi connectivity index (χ0v) is 13.4. The van der Waals surface area contributed by atoms with Gasteiger partial charge in [0, 0.05) is 30.8 Å². The normalized spacial score (nSPS) is 10.4. The summed E-state index contributed by atoms with van der Waals surface area (Å²) in [6.45, 7) is 4.24. The number of carboxylic acid groups (broad SMARTS) is 1. The summed E-state index contributed by atoms with van der Waals surface area (Å²) in [5.74, 6) is -0.922. The minimum Gasteiger partial charge on any atom is -0.481 e. The Morgan fingerprint density at radius 3 is 2.33 bits per heavy atom. The van der Waals surface area contributed by atoms with E-state index in [9.17, 15) is 9.59 Å². The van der Waals surface area contributed by atoms with Crippen molar-refractivity contribution in [2.24, 2.45) is 0 Å². The summed E-state index contributed by atoms with van der Waals surface area (Å²) in [7, 11) is 0. The van der Waals surface area contributed by atoms with Crippen molar-refractivity contribution in [2.45, 2.75) is 44.7 Å². The number of aliphatic carboxylic acids is 1. The van der Waals surface area contributed by atoms with Crippen LogP contribution >= 0.6 is 11.8 Å². The molecule has 1 amide bonds. The van der Waals surface area contributed by atoms with E-state index in [2.05, 4.69) is 15.3 Å². The summed E-state index contributed by atoms with van der Waals surface area (Å²) in [4.78, 5) is 30.8. The van der Waals surface area contributed by atoms with Crippen LogP contribution in [0.3, 0.4) is 0 Å². The van der Waals surface area contributed by atoms with Crippen LogP contribution in [0.1, 0.15) is 36.2 Å². The average molecular weight is 311 g/mol. The van der Waals surface area contributed by atoms with Crippen molar-refractivity contribution >= 4 is 23.6 Å². The Kier molecular flexibility index (Phi) is 7.14. The molecular weight excluding hydrogens is 290 g/mol. The summed E-state index contributed by atoms with van der Waals surface area (Å²) in [5.41, 5.74) is 2.82. The molecule has 1 aromatic rings. The highest BCUT2D eigenvalue weighted by Gasteiger charge is 2.10. The van der Waals surface area contributed by atoms with Crippen molar-refractivity contribution < 1.29 is 14.7 Å². The summed E-state index contributed by atoms with van der Waals surface area (Å²) in [5, 5.41) is 12.0. The lowest BCUT2D eigenvalue weighted by Gasteiger charge is -2.10. The van der Waals surface area contributed by atoms with Crippen molar-refractivity contribution in [3.8, 4) is 0 Å². The first-order valence-electron chi connectivity index (χ1n) is 6.80. The lowest BCUT2D eigenvalue weighted by atomic mass is 10.1. The van der Waals surface area contributed by atoms with Crippen LogP contribution in [0, 0.1) is 13.8 Å². The highest BCUT2D eigenvalue weighted by atomic mass is 32.2. The van der Waals surface area contributed by atoms with Gasteiger partial charge >= 0.3 is 5.97 Å². The van der Waals surface area contributed by atoms with E-state index in [1.807, 2.05) is 20.1 Å². The molecule has 0 saturated heterocycles. The van der Waals surface area contributed by atoms with Gasteiger partial charge in [0.1, 0.15) is 0 Å². The van der Waals surface area contributed by atoms with E-state index in [0.717, 1.165) is 22.1 Å². The molecule has 0 aliphatic carbocycles. The maximum absolute atomic E-state index is 11.7. The van der Waals surface area contributed by atoms with Gasteiger partial charge in [0.05, 0.1) is 0 Å². The molecule has 7 heteroatoms. The summed E-state index contributed by atoms with van der Waals surface area (Å²) in [6, 6.07) is 0. The van der Waals surface area contributed by atoms with Crippen molar-refractivity contribution in [1.82, 2.24) is 15.3 Å². The molecule has 0 aliphatic rings. The van der Waals surface area contributed by atoms with E-state index in [1.54, 1.807) is 0 Å². The molecule has 0 aromatic carbocycles. The Bertz CT molecular complexity index is 497. The fraction of sp³-hybridized carbons (Fsp3) is 0.571. The maximum Gasteiger partial charge on any atom is 0.303 e. The molecule has 0 aliphatic heterocycles. The number of aromatic nitrogens is 2. The highest BCUT2D eigenvalue weighted by Crippen LogP contribution is 2.16. The van der Waals surface area contributed by atoms with Gasteiger partial charge in [0.15, 0.2) is 5.16 Å². The minimum absolute atomic E-state index is 0.0719. The largest absolute Gasteiger partial charge is 0.481 e. The van der Waals surface area contributed by atoms with Crippen LogP contribution in [0.15, 0.2) is 5.16 Å². The second-order valence-corrected chi connectivity index (χ2v) is 5.48. The van der Waals surface area contributed by atoms with E-state index in [-0.39, 0.29) is 12.3 Å². The number of aryl methyl sites for hydroxylation is 2. The zero-order valence-electron chi connectivity index (χ0n) is 12.6.